The number of ether oxygens (including phenoxy) is 1. The van der Waals surface area contributed by atoms with Gasteiger partial charge in [-0.15, -0.1) is 0 Å². The van der Waals surface area contributed by atoms with E-state index in [0.717, 1.165) is 12.1 Å². The summed E-state index contributed by atoms with van der Waals surface area (Å²) in [6.07, 6.45) is -3.40. The molecule has 0 saturated heterocycles. The van der Waals surface area contributed by atoms with Crippen LogP contribution in [0.1, 0.15) is 18.2 Å². The van der Waals surface area contributed by atoms with Crippen molar-refractivity contribution >= 4 is 12.0 Å². The molecule has 124 valence electrons. The summed E-state index contributed by atoms with van der Waals surface area (Å²) in [4.78, 5) is 11.5. The Hall–Kier alpha value is -3.01. The Balaban J connectivity index is 2.39. The fraction of sp³-hybridized carbons (Fsp3) is 0.176. The predicted octanol–water partition coefficient (Wildman–Crippen LogP) is 4.44. The van der Waals surface area contributed by atoms with Crippen LogP contribution in [-0.4, -0.2) is 12.6 Å². The molecule has 0 fully saturated rings. The summed E-state index contributed by atoms with van der Waals surface area (Å²) in [5, 5.41) is 8.95. The van der Waals surface area contributed by atoms with Gasteiger partial charge in [0.05, 0.1) is 12.2 Å². The van der Waals surface area contributed by atoms with Gasteiger partial charge in [0.2, 0.25) is 0 Å². The van der Waals surface area contributed by atoms with E-state index < -0.39 is 17.7 Å². The van der Waals surface area contributed by atoms with E-state index in [1.165, 1.54) is 30.3 Å². The van der Waals surface area contributed by atoms with Crippen LogP contribution in [0.3, 0.4) is 0 Å². The number of nitrogens with zero attached hydrogens (tertiary/aromatic N) is 1. The average Bonchev–Trinajstić information content (AvgIpc) is 3.00. The normalized spacial score (nSPS) is 11.9. The number of hydrogen-bond donors (Lipinski definition) is 0. The van der Waals surface area contributed by atoms with Crippen molar-refractivity contribution in [3.8, 4) is 17.4 Å². The first kappa shape index (κ1) is 17.3. The third-order valence-electron chi connectivity index (χ3n) is 3.03. The average molecular weight is 335 g/mol. The van der Waals surface area contributed by atoms with Gasteiger partial charge in [0.1, 0.15) is 23.2 Å². The SMILES string of the molecule is CCOC(=O)/C(C#N)=C\c1ccc(-c2ccccc2C(F)(F)F)o1. The molecular formula is C17H12F3NO3. The second-order valence-electron chi connectivity index (χ2n) is 4.64. The van der Waals surface area contributed by atoms with Crippen LogP contribution < -0.4 is 0 Å². The molecule has 0 N–H and O–H groups in total. The molecule has 0 bridgehead atoms. The molecule has 24 heavy (non-hydrogen) atoms. The molecule has 0 aliphatic heterocycles. The molecule has 0 aliphatic carbocycles. The quantitative estimate of drug-likeness (QED) is 0.471. The summed E-state index contributed by atoms with van der Waals surface area (Å²) < 4.78 is 49.1. The highest BCUT2D eigenvalue weighted by molar-refractivity contribution is 5.97. The smallest absolute Gasteiger partial charge is 0.417 e. The van der Waals surface area contributed by atoms with E-state index in [2.05, 4.69) is 0 Å². The largest absolute Gasteiger partial charge is 0.462 e. The Morgan fingerprint density at radius 1 is 1.29 bits per heavy atom. The topological polar surface area (TPSA) is 63.2 Å². The number of nitriles is 1. The van der Waals surface area contributed by atoms with E-state index in [4.69, 9.17) is 14.4 Å². The number of rotatable bonds is 4. The van der Waals surface area contributed by atoms with Crippen LogP contribution in [-0.2, 0) is 15.7 Å². The third-order valence-corrected chi connectivity index (χ3v) is 3.03. The second-order valence-corrected chi connectivity index (χ2v) is 4.64. The van der Waals surface area contributed by atoms with Gasteiger partial charge in [-0.2, -0.15) is 18.4 Å². The van der Waals surface area contributed by atoms with E-state index in [0.29, 0.717) is 0 Å². The fourth-order valence-electron chi connectivity index (χ4n) is 2.01. The van der Waals surface area contributed by atoms with Gasteiger partial charge in [-0.05, 0) is 25.1 Å². The van der Waals surface area contributed by atoms with Gasteiger partial charge in [0.25, 0.3) is 0 Å². The van der Waals surface area contributed by atoms with E-state index in [1.807, 2.05) is 0 Å². The fourth-order valence-corrected chi connectivity index (χ4v) is 2.01. The van der Waals surface area contributed by atoms with Crippen LogP contribution in [0.25, 0.3) is 17.4 Å². The second kappa shape index (κ2) is 7.04. The van der Waals surface area contributed by atoms with E-state index in [-0.39, 0.29) is 29.3 Å². The van der Waals surface area contributed by atoms with Gasteiger partial charge < -0.3 is 9.15 Å². The number of esters is 1. The van der Waals surface area contributed by atoms with E-state index in [1.54, 1.807) is 13.0 Å². The highest BCUT2D eigenvalue weighted by Gasteiger charge is 2.34. The molecule has 0 unspecified atom stereocenters. The van der Waals surface area contributed by atoms with Gasteiger partial charge in [-0.3, -0.25) is 0 Å². The molecule has 7 heteroatoms. The van der Waals surface area contributed by atoms with Crippen LogP contribution in [0.2, 0.25) is 0 Å². The van der Waals surface area contributed by atoms with Crippen LogP contribution >= 0.6 is 0 Å². The lowest BCUT2D eigenvalue weighted by atomic mass is 10.1. The van der Waals surface area contributed by atoms with Crippen molar-refractivity contribution < 1.29 is 27.1 Å². The Bertz CT molecular complexity index is 813. The minimum Gasteiger partial charge on any atom is -0.462 e. The summed E-state index contributed by atoms with van der Waals surface area (Å²) in [5.41, 5.74) is -1.26. The number of furan rings is 1. The number of carbonyl (C=O) groups is 1. The Morgan fingerprint density at radius 3 is 2.62 bits per heavy atom. The molecule has 0 saturated carbocycles. The predicted molar refractivity (Wildman–Crippen MR) is 79.4 cm³/mol. The monoisotopic (exact) mass is 335 g/mol. The van der Waals surface area contributed by atoms with Gasteiger partial charge in [-0.25, -0.2) is 4.79 Å². The van der Waals surface area contributed by atoms with Crippen LogP contribution in [0.4, 0.5) is 13.2 Å². The van der Waals surface area contributed by atoms with Gasteiger partial charge in [-0.1, -0.05) is 18.2 Å². The molecule has 2 rings (SSSR count). The van der Waals surface area contributed by atoms with Crippen molar-refractivity contribution in [1.29, 1.82) is 5.26 Å². The third kappa shape index (κ3) is 3.84. The number of carbonyl (C=O) groups excluding carboxylic acids is 1. The molecule has 2 aromatic rings. The lowest BCUT2D eigenvalue weighted by Crippen LogP contribution is -2.06. The highest BCUT2D eigenvalue weighted by atomic mass is 19.4. The molecule has 1 heterocycles. The Kier molecular flexibility index (Phi) is 5.09. The molecule has 0 amide bonds. The van der Waals surface area contributed by atoms with Crippen molar-refractivity contribution in [2.75, 3.05) is 6.61 Å². The van der Waals surface area contributed by atoms with Gasteiger partial charge in [0.15, 0.2) is 0 Å². The minimum absolute atomic E-state index is 0.0182. The summed E-state index contributed by atoms with van der Waals surface area (Å²) in [6, 6.07) is 9.36. The molecule has 1 aromatic heterocycles. The number of alkyl halides is 3. The molecule has 0 aliphatic rings. The van der Waals surface area contributed by atoms with Gasteiger partial charge in [0, 0.05) is 11.6 Å². The molecule has 0 spiro atoms. The summed E-state index contributed by atoms with van der Waals surface area (Å²) in [6.45, 7) is 1.69. The summed E-state index contributed by atoms with van der Waals surface area (Å²) in [7, 11) is 0. The maximum Gasteiger partial charge on any atom is 0.417 e. The van der Waals surface area contributed by atoms with Crippen molar-refractivity contribution in [1.82, 2.24) is 0 Å². The standard InChI is InChI=1S/C17H12F3NO3/c1-2-23-16(22)11(10-21)9-12-7-8-15(24-12)13-5-3-4-6-14(13)17(18,19)20/h3-9H,2H2,1H3/b11-9-. The Labute approximate surface area is 135 Å². The van der Waals surface area contributed by atoms with Crippen molar-refractivity contribution in [2.45, 2.75) is 13.1 Å². The Morgan fingerprint density at radius 2 is 2.00 bits per heavy atom. The first-order valence-electron chi connectivity index (χ1n) is 6.92. The van der Waals surface area contributed by atoms with Crippen molar-refractivity contribution in [3.05, 3.63) is 53.3 Å². The molecule has 4 nitrogen and oxygen atoms in total. The van der Waals surface area contributed by atoms with Crippen molar-refractivity contribution in [3.63, 3.8) is 0 Å². The van der Waals surface area contributed by atoms with E-state index in [9.17, 15) is 18.0 Å². The maximum absolute atomic E-state index is 13.0. The lowest BCUT2D eigenvalue weighted by molar-refractivity contribution is -0.138. The molecule has 0 atom stereocenters. The van der Waals surface area contributed by atoms with E-state index >= 15 is 0 Å². The molecular weight excluding hydrogens is 323 g/mol. The maximum atomic E-state index is 13.0. The molecule has 0 radical (unpaired) electrons. The number of hydrogen-bond acceptors (Lipinski definition) is 4. The zero-order valence-electron chi connectivity index (χ0n) is 12.6. The first-order chi connectivity index (χ1) is 11.4. The number of halogens is 3. The molecule has 1 aromatic carbocycles. The van der Waals surface area contributed by atoms with Crippen LogP contribution in [0, 0.1) is 11.3 Å². The van der Waals surface area contributed by atoms with Crippen molar-refractivity contribution in [2.24, 2.45) is 0 Å². The summed E-state index contributed by atoms with van der Waals surface area (Å²) >= 11 is 0. The van der Waals surface area contributed by atoms with Crippen LogP contribution in [0.5, 0.6) is 0 Å². The zero-order chi connectivity index (χ0) is 17.7. The number of benzene rings is 1. The lowest BCUT2D eigenvalue weighted by Gasteiger charge is -2.10. The highest BCUT2D eigenvalue weighted by Crippen LogP contribution is 2.37. The first-order valence-corrected chi connectivity index (χ1v) is 6.92. The van der Waals surface area contributed by atoms with Crippen LogP contribution in [0.15, 0.2) is 46.4 Å². The van der Waals surface area contributed by atoms with Gasteiger partial charge >= 0.3 is 12.1 Å². The zero-order valence-corrected chi connectivity index (χ0v) is 12.6. The summed E-state index contributed by atoms with van der Waals surface area (Å²) in [5.74, 6) is -0.768. The minimum atomic E-state index is -4.53.